The van der Waals surface area contributed by atoms with E-state index in [1.165, 1.54) is 12.3 Å². The van der Waals surface area contributed by atoms with Crippen LogP contribution in [0.3, 0.4) is 0 Å². The maximum atomic E-state index is 12.0. The van der Waals surface area contributed by atoms with Gasteiger partial charge in [0, 0.05) is 19.3 Å². The quantitative estimate of drug-likeness (QED) is 0.521. The highest BCUT2D eigenvalue weighted by Gasteiger charge is 2.25. The minimum absolute atomic E-state index is 0.0379. The second-order valence-electron chi connectivity index (χ2n) is 4.45. The van der Waals surface area contributed by atoms with E-state index in [1.54, 1.807) is 0 Å². The van der Waals surface area contributed by atoms with Crippen LogP contribution >= 0.6 is 11.6 Å². The predicted molar refractivity (Wildman–Crippen MR) is 71.8 cm³/mol. The summed E-state index contributed by atoms with van der Waals surface area (Å²) in [5.74, 6) is -0.546. The number of rotatable bonds is 4. The van der Waals surface area contributed by atoms with Gasteiger partial charge in [0.2, 0.25) is 5.15 Å². The molecule has 0 bridgehead atoms. The molecule has 2 rings (SSSR count). The fourth-order valence-electron chi connectivity index (χ4n) is 2.06. The van der Waals surface area contributed by atoms with Gasteiger partial charge in [0.1, 0.15) is 5.56 Å². The maximum Gasteiger partial charge on any atom is 0.319 e. The van der Waals surface area contributed by atoms with Crippen LogP contribution in [-0.4, -0.2) is 35.1 Å². The highest BCUT2D eigenvalue weighted by molar-refractivity contribution is 6.32. The fourth-order valence-corrected chi connectivity index (χ4v) is 2.28. The van der Waals surface area contributed by atoms with Crippen LogP contribution in [0.15, 0.2) is 12.3 Å². The first-order chi connectivity index (χ1) is 9.59. The number of hydrogen-bond acceptors (Lipinski definition) is 5. The number of halogens is 1. The zero-order chi connectivity index (χ0) is 14.5. The number of hydrogen-bond donors (Lipinski definition) is 1. The van der Waals surface area contributed by atoms with Gasteiger partial charge in [0.15, 0.2) is 0 Å². The summed E-state index contributed by atoms with van der Waals surface area (Å²) in [6.45, 7) is 1.01. The van der Waals surface area contributed by atoms with Gasteiger partial charge in [0.05, 0.1) is 11.0 Å². The zero-order valence-electron chi connectivity index (χ0n) is 10.7. The van der Waals surface area contributed by atoms with Crippen LogP contribution in [0.5, 0.6) is 0 Å². The van der Waals surface area contributed by atoms with Crippen molar-refractivity contribution in [3.05, 3.63) is 33.1 Å². The summed E-state index contributed by atoms with van der Waals surface area (Å²) in [5, 5.41) is 13.3. The van der Waals surface area contributed by atoms with Crippen molar-refractivity contribution in [2.45, 2.75) is 25.4 Å². The van der Waals surface area contributed by atoms with E-state index in [2.05, 4.69) is 10.3 Å². The Labute approximate surface area is 120 Å². The highest BCUT2D eigenvalue weighted by atomic mass is 35.5. The summed E-state index contributed by atoms with van der Waals surface area (Å²) >= 11 is 5.66. The molecule has 2 heterocycles. The SMILES string of the molecule is O=C(NCC1CCCCO1)c1ccnc(Cl)c1[N+](=O)[O-]. The van der Waals surface area contributed by atoms with E-state index in [0.29, 0.717) is 13.2 Å². The summed E-state index contributed by atoms with van der Waals surface area (Å²) in [6.07, 6.45) is 4.18. The fraction of sp³-hybridized carbons (Fsp3) is 0.500. The molecular formula is C12H14ClN3O4. The van der Waals surface area contributed by atoms with E-state index in [-0.39, 0.29) is 16.8 Å². The lowest BCUT2D eigenvalue weighted by molar-refractivity contribution is -0.385. The monoisotopic (exact) mass is 299 g/mol. The van der Waals surface area contributed by atoms with E-state index in [4.69, 9.17) is 16.3 Å². The Hall–Kier alpha value is -1.73. The molecule has 1 aliphatic heterocycles. The average molecular weight is 300 g/mol. The largest absolute Gasteiger partial charge is 0.376 e. The average Bonchev–Trinajstić information content (AvgIpc) is 2.45. The summed E-state index contributed by atoms with van der Waals surface area (Å²) in [5.41, 5.74) is -0.568. The Morgan fingerprint density at radius 1 is 1.60 bits per heavy atom. The third-order valence-electron chi connectivity index (χ3n) is 3.07. The molecule has 1 amide bonds. The Balaban J connectivity index is 2.05. The molecule has 1 unspecified atom stereocenters. The third kappa shape index (κ3) is 3.43. The van der Waals surface area contributed by atoms with Gasteiger partial charge in [-0.05, 0) is 25.3 Å². The second-order valence-corrected chi connectivity index (χ2v) is 4.81. The highest BCUT2D eigenvalue weighted by Crippen LogP contribution is 2.25. The van der Waals surface area contributed by atoms with Gasteiger partial charge in [-0.2, -0.15) is 0 Å². The van der Waals surface area contributed by atoms with Crippen molar-refractivity contribution < 1.29 is 14.5 Å². The Morgan fingerprint density at radius 2 is 2.40 bits per heavy atom. The number of carbonyl (C=O) groups excluding carboxylic acids is 1. The molecule has 1 N–H and O–H groups in total. The number of nitrogens with zero attached hydrogens (tertiary/aromatic N) is 2. The van der Waals surface area contributed by atoms with Gasteiger partial charge >= 0.3 is 5.69 Å². The molecule has 1 fully saturated rings. The topological polar surface area (TPSA) is 94.4 Å². The smallest absolute Gasteiger partial charge is 0.319 e. The minimum atomic E-state index is -0.707. The van der Waals surface area contributed by atoms with Crippen LogP contribution in [-0.2, 0) is 4.74 Å². The molecule has 1 saturated heterocycles. The van der Waals surface area contributed by atoms with Crippen LogP contribution in [0.4, 0.5) is 5.69 Å². The molecule has 1 aromatic rings. The van der Waals surface area contributed by atoms with Gasteiger partial charge in [-0.1, -0.05) is 11.6 Å². The summed E-state index contributed by atoms with van der Waals surface area (Å²) in [7, 11) is 0. The number of pyridine rings is 1. The van der Waals surface area contributed by atoms with Crippen molar-refractivity contribution in [1.82, 2.24) is 10.3 Å². The van der Waals surface area contributed by atoms with Crippen LogP contribution in [0.25, 0.3) is 0 Å². The Bertz CT molecular complexity index is 517. The number of ether oxygens (including phenoxy) is 1. The molecule has 0 saturated carbocycles. The van der Waals surface area contributed by atoms with Crippen molar-refractivity contribution in [2.24, 2.45) is 0 Å². The first kappa shape index (κ1) is 14.7. The van der Waals surface area contributed by atoms with E-state index in [9.17, 15) is 14.9 Å². The van der Waals surface area contributed by atoms with Crippen molar-refractivity contribution in [3.63, 3.8) is 0 Å². The first-order valence-electron chi connectivity index (χ1n) is 6.28. The van der Waals surface area contributed by atoms with E-state index in [1.807, 2.05) is 0 Å². The molecule has 0 aromatic carbocycles. The van der Waals surface area contributed by atoms with Crippen molar-refractivity contribution in [2.75, 3.05) is 13.2 Å². The molecule has 20 heavy (non-hydrogen) atoms. The van der Waals surface area contributed by atoms with Gasteiger partial charge in [-0.25, -0.2) is 4.98 Å². The number of carbonyl (C=O) groups is 1. The van der Waals surface area contributed by atoms with Gasteiger partial charge in [0.25, 0.3) is 5.91 Å². The van der Waals surface area contributed by atoms with Gasteiger partial charge in [-0.15, -0.1) is 0 Å². The molecule has 7 nitrogen and oxygen atoms in total. The number of nitrogens with one attached hydrogen (secondary N) is 1. The maximum absolute atomic E-state index is 12.0. The third-order valence-corrected chi connectivity index (χ3v) is 3.35. The molecule has 108 valence electrons. The molecule has 0 aliphatic carbocycles. The molecule has 1 aliphatic rings. The number of nitro groups is 1. The van der Waals surface area contributed by atoms with Crippen molar-refractivity contribution in [3.8, 4) is 0 Å². The van der Waals surface area contributed by atoms with Crippen molar-refractivity contribution in [1.29, 1.82) is 0 Å². The van der Waals surface area contributed by atoms with Crippen LogP contribution in [0, 0.1) is 10.1 Å². The Morgan fingerprint density at radius 3 is 3.05 bits per heavy atom. The van der Waals surface area contributed by atoms with E-state index in [0.717, 1.165) is 19.3 Å². The molecule has 0 spiro atoms. The molecule has 1 aromatic heterocycles. The van der Waals surface area contributed by atoms with Crippen molar-refractivity contribution >= 4 is 23.2 Å². The second kappa shape index (κ2) is 6.62. The van der Waals surface area contributed by atoms with Crippen LogP contribution in [0.1, 0.15) is 29.6 Å². The first-order valence-corrected chi connectivity index (χ1v) is 6.66. The lowest BCUT2D eigenvalue weighted by atomic mass is 10.1. The summed E-state index contributed by atoms with van der Waals surface area (Å²) in [4.78, 5) is 25.8. The van der Waals surface area contributed by atoms with Gasteiger partial charge < -0.3 is 10.1 Å². The van der Waals surface area contributed by atoms with Gasteiger partial charge in [-0.3, -0.25) is 14.9 Å². The standard InChI is InChI=1S/C12H14ClN3O4/c13-11-10(16(18)19)9(4-5-14-11)12(17)15-7-8-3-1-2-6-20-8/h4-5,8H,1-3,6-7H2,(H,15,17). The van der Waals surface area contributed by atoms with E-state index < -0.39 is 16.5 Å². The predicted octanol–water partition coefficient (Wildman–Crippen LogP) is 1.94. The number of aromatic nitrogens is 1. The molecular weight excluding hydrogens is 286 g/mol. The minimum Gasteiger partial charge on any atom is -0.376 e. The summed E-state index contributed by atoms with van der Waals surface area (Å²) < 4.78 is 5.48. The molecule has 0 radical (unpaired) electrons. The lowest BCUT2D eigenvalue weighted by Gasteiger charge is -2.22. The molecule has 1 atom stereocenters. The Kier molecular flexibility index (Phi) is 4.86. The lowest BCUT2D eigenvalue weighted by Crippen LogP contribution is -2.35. The normalized spacial score (nSPS) is 18.6. The van der Waals surface area contributed by atoms with E-state index >= 15 is 0 Å². The zero-order valence-corrected chi connectivity index (χ0v) is 11.4. The van der Waals surface area contributed by atoms with Crippen LogP contribution < -0.4 is 5.32 Å². The number of amides is 1. The van der Waals surface area contributed by atoms with Crippen LogP contribution in [0.2, 0.25) is 5.15 Å². The molecule has 8 heteroatoms. The summed E-state index contributed by atoms with van der Waals surface area (Å²) in [6, 6.07) is 1.28.